The Labute approximate surface area is 110 Å². The maximum atomic E-state index is 11.6. The number of carbonyl (C=O) groups excluding carboxylic acids is 2. The van der Waals surface area contributed by atoms with Gasteiger partial charge in [0.25, 0.3) is 0 Å². The molecule has 0 fully saturated rings. The van der Waals surface area contributed by atoms with Crippen LogP contribution in [0.4, 0.5) is 0 Å². The number of esters is 1. The topological polar surface area (TPSA) is 52.6 Å². The van der Waals surface area contributed by atoms with Crippen LogP contribution >= 0.6 is 0 Å². The van der Waals surface area contributed by atoms with E-state index in [1.807, 2.05) is 6.07 Å². The van der Waals surface area contributed by atoms with Gasteiger partial charge in [-0.1, -0.05) is 0 Å². The molecule has 1 aromatic carbocycles. The molecule has 0 radical (unpaired) electrons. The van der Waals surface area contributed by atoms with Crippen molar-refractivity contribution in [1.82, 2.24) is 0 Å². The van der Waals surface area contributed by atoms with E-state index >= 15 is 0 Å². The first-order valence-corrected chi connectivity index (χ1v) is 7.14. The molecule has 0 bridgehead atoms. The van der Waals surface area contributed by atoms with Crippen LogP contribution in [0.2, 0.25) is 0 Å². The molecule has 0 saturated carbocycles. The fraction of sp³-hybridized carbons (Fsp3) is 0.231. The summed E-state index contributed by atoms with van der Waals surface area (Å²) >= 11 is -0.0870. The first kappa shape index (κ1) is 12.9. The van der Waals surface area contributed by atoms with Gasteiger partial charge < -0.3 is 0 Å². The summed E-state index contributed by atoms with van der Waals surface area (Å²) in [4.78, 5) is 22.6. The minimum atomic E-state index is -0.277. The van der Waals surface area contributed by atoms with Crippen molar-refractivity contribution in [3.8, 4) is 5.75 Å². The molecule has 0 aliphatic heterocycles. The number of carbonyl (C=O) groups is 2. The Bertz CT molecular complexity index is 600. The van der Waals surface area contributed by atoms with E-state index in [0.717, 1.165) is 15.9 Å². The number of aldehydes is 1. The van der Waals surface area contributed by atoms with Gasteiger partial charge in [0.05, 0.1) is 0 Å². The normalized spacial score (nSPS) is 10.3. The van der Waals surface area contributed by atoms with E-state index in [9.17, 15) is 9.59 Å². The van der Waals surface area contributed by atoms with Crippen LogP contribution < -0.4 is 4.74 Å². The summed E-state index contributed by atoms with van der Waals surface area (Å²) in [6.45, 7) is 2.15. The van der Waals surface area contributed by atoms with Crippen molar-refractivity contribution < 1.29 is 19.1 Å². The van der Waals surface area contributed by atoms with Gasteiger partial charge in [0.1, 0.15) is 0 Å². The third-order valence-electron chi connectivity index (χ3n) is 2.47. The van der Waals surface area contributed by atoms with Gasteiger partial charge in [0.2, 0.25) is 0 Å². The zero-order chi connectivity index (χ0) is 13.1. The molecule has 0 aliphatic rings. The van der Waals surface area contributed by atoms with Gasteiger partial charge >= 0.3 is 110 Å². The van der Waals surface area contributed by atoms with E-state index in [-0.39, 0.29) is 20.5 Å². The number of ether oxygens (including phenoxy) is 2. The molecule has 0 amide bonds. The Morgan fingerprint density at radius 1 is 1.39 bits per heavy atom. The van der Waals surface area contributed by atoms with Crippen LogP contribution in [0.1, 0.15) is 26.5 Å². The van der Waals surface area contributed by atoms with Crippen molar-refractivity contribution in [2.45, 2.75) is 6.92 Å². The molecule has 0 N–H and O–H groups in total. The van der Waals surface area contributed by atoms with Gasteiger partial charge in [0.15, 0.2) is 0 Å². The van der Waals surface area contributed by atoms with Gasteiger partial charge in [-0.25, -0.2) is 0 Å². The van der Waals surface area contributed by atoms with E-state index in [0.29, 0.717) is 22.4 Å². The standard InChI is InChI=1S/C13H12O4Se/c1-3-17-13(15)12-5-8-4-9(7-14)10(16-2)6-11(8)18-12/h4-7H,3H2,1-2H3. The van der Waals surface area contributed by atoms with E-state index in [1.165, 1.54) is 7.11 Å². The van der Waals surface area contributed by atoms with Crippen molar-refractivity contribution >= 4 is 36.4 Å². The molecule has 0 atom stereocenters. The first-order valence-electron chi connectivity index (χ1n) is 5.43. The summed E-state index contributed by atoms with van der Waals surface area (Å²) in [5, 5.41) is 0.904. The number of hydrogen-bond donors (Lipinski definition) is 0. The van der Waals surface area contributed by atoms with Crippen molar-refractivity contribution in [1.29, 1.82) is 0 Å². The Morgan fingerprint density at radius 2 is 2.17 bits per heavy atom. The molecule has 0 unspecified atom stereocenters. The molecular formula is C13H12O4Se. The second-order valence-electron chi connectivity index (χ2n) is 3.58. The van der Waals surface area contributed by atoms with Crippen molar-refractivity contribution in [2.75, 3.05) is 13.7 Å². The third-order valence-corrected chi connectivity index (χ3v) is 4.73. The molecule has 2 aromatic rings. The van der Waals surface area contributed by atoms with E-state index in [1.54, 1.807) is 19.1 Å². The molecule has 0 spiro atoms. The summed E-state index contributed by atoms with van der Waals surface area (Å²) in [6, 6.07) is 5.36. The van der Waals surface area contributed by atoms with Crippen LogP contribution in [0.15, 0.2) is 18.2 Å². The second kappa shape index (κ2) is 5.38. The molecule has 0 aliphatic carbocycles. The third kappa shape index (κ3) is 2.32. The first-order chi connectivity index (χ1) is 8.69. The Balaban J connectivity index is 2.51. The van der Waals surface area contributed by atoms with Crippen LogP contribution in [0, 0.1) is 0 Å². The van der Waals surface area contributed by atoms with Gasteiger partial charge in [-0.2, -0.15) is 0 Å². The molecule has 2 rings (SSSR count). The number of benzene rings is 1. The Morgan fingerprint density at radius 3 is 2.78 bits per heavy atom. The van der Waals surface area contributed by atoms with E-state index in [4.69, 9.17) is 9.47 Å². The van der Waals surface area contributed by atoms with Crippen molar-refractivity contribution in [3.05, 3.63) is 28.2 Å². The monoisotopic (exact) mass is 312 g/mol. The zero-order valence-corrected chi connectivity index (χ0v) is 11.8. The second-order valence-corrected chi connectivity index (χ2v) is 5.85. The van der Waals surface area contributed by atoms with E-state index < -0.39 is 0 Å². The van der Waals surface area contributed by atoms with Gasteiger partial charge in [-0.15, -0.1) is 0 Å². The maximum absolute atomic E-state index is 11.6. The number of rotatable bonds is 4. The molecule has 18 heavy (non-hydrogen) atoms. The zero-order valence-electron chi connectivity index (χ0n) is 10.1. The molecule has 1 aromatic heterocycles. The summed E-state index contributed by atoms with van der Waals surface area (Å²) in [5.41, 5.74) is 0.494. The SMILES string of the molecule is CCOC(=O)c1cc2cc(C=O)c(OC)cc2[se]1. The Kier molecular flexibility index (Phi) is 3.84. The van der Waals surface area contributed by atoms with Crippen LogP contribution in [-0.2, 0) is 4.74 Å². The van der Waals surface area contributed by atoms with E-state index in [2.05, 4.69) is 0 Å². The fourth-order valence-electron chi connectivity index (χ4n) is 1.66. The van der Waals surface area contributed by atoms with Crippen molar-refractivity contribution in [2.24, 2.45) is 0 Å². The molecular weight excluding hydrogens is 299 g/mol. The summed E-state index contributed by atoms with van der Waals surface area (Å²) < 4.78 is 11.8. The van der Waals surface area contributed by atoms with Crippen LogP contribution in [0.5, 0.6) is 5.75 Å². The van der Waals surface area contributed by atoms with Crippen LogP contribution in [-0.4, -0.2) is 40.5 Å². The molecule has 4 nitrogen and oxygen atoms in total. The molecule has 1 heterocycles. The summed E-state index contributed by atoms with van der Waals surface area (Å²) in [6.07, 6.45) is 0.752. The fourth-order valence-corrected chi connectivity index (χ4v) is 3.69. The Hall–Kier alpha value is -1.58. The van der Waals surface area contributed by atoms with Crippen LogP contribution in [0.25, 0.3) is 9.65 Å². The molecule has 0 saturated heterocycles. The number of methoxy groups -OCH3 is 1. The van der Waals surface area contributed by atoms with Crippen LogP contribution in [0.3, 0.4) is 0 Å². The van der Waals surface area contributed by atoms with Gasteiger partial charge in [0, 0.05) is 0 Å². The quantitative estimate of drug-likeness (QED) is 0.492. The number of fused-ring (bicyclic) bond motifs is 1. The molecule has 94 valence electrons. The minimum absolute atomic E-state index is 0.0870. The van der Waals surface area contributed by atoms with Gasteiger partial charge in [-0.3, -0.25) is 0 Å². The predicted molar refractivity (Wildman–Crippen MR) is 68.8 cm³/mol. The average Bonchev–Trinajstić information content (AvgIpc) is 2.80. The van der Waals surface area contributed by atoms with Crippen molar-refractivity contribution in [3.63, 3.8) is 0 Å². The molecule has 5 heteroatoms. The average molecular weight is 311 g/mol. The number of hydrogen-bond acceptors (Lipinski definition) is 4. The summed E-state index contributed by atoms with van der Waals surface area (Å²) in [7, 11) is 1.52. The summed E-state index contributed by atoms with van der Waals surface area (Å²) in [5.74, 6) is 0.268. The van der Waals surface area contributed by atoms with Gasteiger partial charge in [-0.05, 0) is 0 Å². The predicted octanol–water partition coefficient (Wildman–Crippen LogP) is 1.89.